The average Bonchev–Trinajstić information content (AvgIpc) is 3.22. The molecule has 0 aliphatic carbocycles. The predicted molar refractivity (Wildman–Crippen MR) is 125 cm³/mol. The number of nitrogens with zero attached hydrogens (tertiary/aromatic N) is 4. The standard InChI is InChI=1S/C22H26N6O3S/c1-13-6-7-16(14(2)9-13)25-17(29)11-28-12-24-19-18(21(28)31)32-22(26-19)27-8-4-5-15(10-27)20(30)23-3/h6-7,9,12,15H,4-5,8,10-11H2,1-3H3,(H,23,30)(H,25,29). The monoisotopic (exact) mass is 454 g/mol. The van der Waals surface area contributed by atoms with E-state index in [9.17, 15) is 14.4 Å². The molecule has 3 aromatic rings. The summed E-state index contributed by atoms with van der Waals surface area (Å²) >= 11 is 1.26. The Morgan fingerprint density at radius 2 is 2.09 bits per heavy atom. The van der Waals surface area contributed by atoms with Crippen molar-refractivity contribution in [3.05, 3.63) is 46.0 Å². The quantitative estimate of drug-likeness (QED) is 0.611. The van der Waals surface area contributed by atoms with Crippen molar-refractivity contribution in [2.24, 2.45) is 5.92 Å². The van der Waals surface area contributed by atoms with Crippen molar-refractivity contribution in [2.75, 3.05) is 30.4 Å². The van der Waals surface area contributed by atoms with Crippen LogP contribution in [0.3, 0.4) is 0 Å². The molecule has 1 saturated heterocycles. The second-order valence-electron chi connectivity index (χ2n) is 8.09. The van der Waals surface area contributed by atoms with Crippen LogP contribution in [0, 0.1) is 19.8 Å². The van der Waals surface area contributed by atoms with Gasteiger partial charge in [-0.15, -0.1) is 0 Å². The van der Waals surface area contributed by atoms with Gasteiger partial charge in [-0.1, -0.05) is 29.0 Å². The first-order valence-electron chi connectivity index (χ1n) is 10.6. The number of benzene rings is 1. The van der Waals surface area contributed by atoms with Crippen LogP contribution in [0.15, 0.2) is 29.3 Å². The van der Waals surface area contributed by atoms with Crippen LogP contribution in [0.5, 0.6) is 0 Å². The Labute approximate surface area is 189 Å². The van der Waals surface area contributed by atoms with Crippen LogP contribution in [0.25, 0.3) is 10.3 Å². The highest BCUT2D eigenvalue weighted by atomic mass is 32.1. The summed E-state index contributed by atoms with van der Waals surface area (Å²) in [5, 5.41) is 6.24. The molecule has 1 aromatic carbocycles. The van der Waals surface area contributed by atoms with Crippen LogP contribution < -0.4 is 21.1 Å². The number of carbonyl (C=O) groups is 2. The van der Waals surface area contributed by atoms with Crippen molar-refractivity contribution in [3.8, 4) is 0 Å². The van der Waals surface area contributed by atoms with E-state index in [0.29, 0.717) is 22.0 Å². The Kier molecular flexibility index (Phi) is 6.22. The van der Waals surface area contributed by atoms with E-state index in [4.69, 9.17) is 0 Å². The van der Waals surface area contributed by atoms with Gasteiger partial charge in [-0.05, 0) is 38.3 Å². The number of aryl methyl sites for hydroxylation is 2. The van der Waals surface area contributed by atoms with E-state index < -0.39 is 0 Å². The molecule has 168 valence electrons. The van der Waals surface area contributed by atoms with Gasteiger partial charge in [-0.3, -0.25) is 19.0 Å². The number of hydrogen-bond acceptors (Lipinski definition) is 7. The number of aromatic nitrogens is 3. The second-order valence-corrected chi connectivity index (χ2v) is 9.07. The summed E-state index contributed by atoms with van der Waals surface area (Å²) in [7, 11) is 1.64. The fraction of sp³-hybridized carbons (Fsp3) is 0.409. The first-order chi connectivity index (χ1) is 15.4. The van der Waals surface area contributed by atoms with E-state index in [2.05, 4.69) is 20.6 Å². The summed E-state index contributed by atoms with van der Waals surface area (Å²) in [6.07, 6.45) is 3.07. The number of nitrogens with one attached hydrogen (secondary N) is 2. The van der Waals surface area contributed by atoms with E-state index >= 15 is 0 Å². The van der Waals surface area contributed by atoms with Crippen molar-refractivity contribution in [3.63, 3.8) is 0 Å². The number of thiazole rings is 1. The molecule has 9 nitrogen and oxygen atoms in total. The average molecular weight is 455 g/mol. The summed E-state index contributed by atoms with van der Waals surface area (Å²) in [6, 6.07) is 5.77. The van der Waals surface area contributed by atoms with Crippen LogP contribution in [0.4, 0.5) is 10.8 Å². The third-order valence-electron chi connectivity index (χ3n) is 5.65. The first kappa shape index (κ1) is 21.9. The van der Waals surface area contributed by atoms with E-state index in [1.54, 1.807) is 7.05 Å². The van der Waals surface area contributed by atoms with E-state index in [1.165, 1.54) is 22.2 Å². The van der Waals surface area contributed by atoms with Gasteiger partial charge < -0.3 is 15.5 Å². The summed E-state index contributed by atoms with van der Waals surface area (Å²) in [6.45, 7) is 5.12. The summed E-state index contributed by atoms with van der Waals surface area (Å²) in [5.41, 5.74) is 2.86. The molecule has 4 rings (SSSR count). The van der Waals surface area contributed by atoms with Gasteiger partial charge in [-0.2, -0.15) is 4.98 Å². The Morgan fingerprint density at radius 3 is 2.84 bits per heavy atom. The third kappa shape index (κ3) is 4.50. The lowest BCUT2D eigenvalue weighted by Gasteiger charge is -2.31. The normalized spacial score (nSPS) is 16.2. The van der Waals surface area contributed by atoms with Gasteiger partial charge in [0.05, 0.1) is 5.92 Å². The highest BCUT2D eigenvalue weighted by molar-refractivity contribution is 7.22. The second kappa shape index (κ2) is 9.07. The van der Waals surface area contributed by atoms with Crippen LogP contribution in [-0.2, 0) is 16.1 Å². The van der Waals surface area contributed by atoms with Crippen LogP contribution in [0.2, 0.25) is 0 Å². The van der Waals surface area contributed by atoms with Gasteiger partial charge in [0.15, 0.2) is 10.8 Å². The van der Waals surface area contributed by atoms with Gasteiger partial charge in [0.1, 0.15) is 17.6 Å². The molecule has 32 heavy (non-hydrogen) atoms. The summed E-state index contributed by atoms with van der Waals surface area (Å²) in [4.78, 5) is 48.4. The minimum absolute atomic E-state index is 0.0196. The van der Waals surface area contributed by atoms with Crippen LogP contribution >= 0.6 is 11.3 Å². The zero-order valence-corrected chi connectivity index (χ0v) is 19.2. The van der Waals surface area contributed by atoms with Gasteiger partial charge >= 0.3 is 0 Å². The Bertz CT molecular complexity index is 1230. The molecule has 0 radical (unpaired) electrons. The molecule has 2 amide bonds. The maximum Gasteiger partial charge on any atom is 0.273 e. The number of fused-ring (bicyclic) bond motifs is 1. The maximum absolute atomic E-state index is 13.0. The first-order valence-corrected chi connectivity index (χ1v) is 11.4. The number of rotatable bonds is 5. The van der Waals surface area contributed by atoms with Crippen LogP contribution in [0.1, 0.15) is 24.0 Å². The highest BCUT2D eigenvalue weighted by Gasteiger charge is 2.27. The van der Waals surface area contributed by atoms with Gasteiger partial charge in [0, 0.05) is 25.8 Å². The molecular formula is C22H26N6O3S. The number of hydrogen-bond donors (Lipinski definition) is 2. The number of piperidine rings is 1. The Balaban J connectivity index is 1.52. The molecule has 1 aliphatic heterocycles. The molecule has 1 fully saturated rings. The molecule has 1 aliphatic rings. The molecule has 0 saturated carbocycles. The summed E-state index contributed by atoms with van der Waals surface area (Å²) in [5.74, 6) is -0.375. The molecule has 1 atom stereocenters. The minimum Gasteiger partial charge on any atom is -0.359 e. The molecule has 2 aromatic heterocycles. The van der Waals surface area contributed by atoms with E-state index in [1.807, 2.05) is 36.9 Å². The number of anilines is 2. The summed E-state index contributed by atoms with van der Waals surface area (Å²) < 4.78 is 1.70. The fourth-order valence-corrected chi connectivity index (χ4v) is 4.95. The molecular weight excluding hydrogens is 428 g/mol. The van der Waals surface area contributed by atoms with Crippen molar-refractivity contribution >= 4 is 44.3 Å². The highest BCUT2D eigenvalue weighted by Crippen LogP contribution is 2.29. The lowest BCUT2D eigenvalue weighted by atomic mass is 9.98. The van der Waals surface area contributed by atoms with Gasteiger partial charge in [-0.25, -0.2) is 4.98 Å². The number of carbonyl (C=O) groups excluding carboxylic acids is 2. The molecule has 0 bridgehead atoms. The van der Waals surface area contributed by atoms with Crippen molar-refractivity contribution in [1.82, 2.24) is 19.9 Å². The lowest BCUT2D eigenvalue weighted by molar-refractivity contribution is -0.124. The zero-order valence-electron chi connectivity index (χ0n) is 18.3. The molecule has 1 unspecified atom stereocenters. The largest absolute Gasteiger partial charge is 0.359 e. The molecule has 2 N–H and O–H groups in total. The Morgan fingerprint density at radius 1 is 1.28 bits per heavy atom. The van der Waals surface area contributed by atoms with Crippen LogP contribution in [-0.4, -0.2) is 46.5 Å². The molecule has 3 heterocycles. The van der Waals surface area contributed by atoms with Gasteiger partial charge in [0.2, 0.25) is 11.8 Å². The van der Waals surface area contributed by atoms with Gasteiger partial charge in [0.25, 0.3) is 5.56 Å². The van der Waals surface area contributed by atoms with Crippen molar-refractivity contribution in [2.45, 2.75) is 33.2 Å². The lowest BCUT2D eigenvalue weighted by Crippen LogP contribution is -2.42. The molecule has 10 heteroatoms. The van der Waals surface area contributed by atoms with E-state index in [0.717, 1.165) is 36.2 Å². The SMILES string of the molecule is CNC(=O)C1CCCN(c2nc3ncn(CC(=O)Nc4ccc(C)cc4C)c(=O)c3s2)C1. The minimum atomic E-state index is -0.297. The molecule has 0 spiro atoms. The Hall–Kier alpha value is -3.27. The predicted octanol–water partition coefficient (Wildman–Crippen LogP) is 2.07. The maximum atomic E-state index is 13.0. The van der Waals surface area contributed by atoms with Crippen molar-refractivity contribution in [1.29, 1.82) is 0 Å². The third-order valence-corrected chi connectivity index (χ3v) is 6.74. The fourth-order valence-electron chi connectivity index (χ4n) is 3.95. The number of amides is 2. The zero-order chi connectivity index (χ0) is 22.8. The topological polar surface area (TPSA) is 109 Å². The smallest absolute Gasteiger partial charge is 0.273 e. The van der Waals surface area contributed by atoms with E-state index in [-0.39, 0.29) is 29.8 Å². The van der Waals surface area contributed by atoms with Crippen molar-refractivity contribution < 1.29 is 9.59 Å².